The molecule has 0 aliphatic heterocycles. The fraction of sp³-hybridized carbons (Fsp3) is 0.250. The molecule has 0 bridgehead atoms. The second kappa shape index (κ2) is 5.07. The van der Waals surface area contributed by atoms with E-state index in [1.54, 1.807) is 11.4 Å². The van der Waals surface area contributed by atoms with Crippen molar-refractivity contribution in [3.8, 4) is 6.07 Å². The summed E-state index contributed by atoms with van der Waals surface area (Å²) in [5.74, 6) is -2.06. The molecule has 0 aromatic carbocycles. The van der Waals surface area contributed by atoms with E-state index in [4.69, 9.17) is 10.4 Å². The zero-order valence-electron chi connectivity index (χ0n) is 7.95. The molecule has 0 amide bonds. The maximum atomic E-state index is 11.2. The number of carboxylic acids is 1. The van der Waals surface area contributed by atoms with E-state index in [0.717, 1.165) is 11.3 Å². The number of nitrogens with zero attached hydrogens (tertiary/aromatic N) is 1. The normalized spacial score (nSPS) is 12.9. The number of thiophene rings is 1. The van der Waals surface area contributed by atoms with Crippen molar-refractivity contribution in [3.63, 3.8) is 0 Å². The van der Waals surface area contributed by atoms with Crippen LogP contribution in [0.3, 0.4) is 0 Å². The minimum Gasteiger partial charge on any atom is -0.480 e. The van der Waals surface area contributed by atoms with Crippen molar-refractivity contribution in [3.05, 3.63) is 22.4 Å². The molecule has 0 spiro atoms. The molecule has 0 saturated carbocycles. The Balaban J connectivity index is 2.91. The maximum absolute atomic E-state index is 11.2. The van der Waals surface area contributed by atoms with Gasteiger partial charge in [0.05, 0.1) is 6.07 Å². The summed E-state index contributed by atoms with van der Waals surface area (Å²) in [7, 11) is -3.89. The molecule has 16 heavy (non-hydrogen) atoms. The number of aliphatic carboxylic acids is 1. The molecular formula is C8H8N2O4S2. The Hall–Kier alpha value is -1.43. The summed E-state index contributed by atoms with van der Waals surface area (Å²) in [6, 6.07) is 3.25. The second-order valence-corrected chi connectivity index (χ2v) is 5.55. The first-order valence-electron chi connectivity index (χ1n) is 4.09. The van der Waals surface area contributed by atoms with Crippen molar-refractivity contribution in [1.29, 1.82) is 5.26 Å². The van der Waals surface area contributed by atoms with E-state index < -0.39 is 27.8 Å². The zero-order chi connectivity index (χ0) is 12.2. The van der Waals surface area contributed by atoms with Crippen molar-refractivity contribution in [2.24, 2.45) is 0 Å². The zero-order valence-corrected chi connectivity index (χ0v) is 9.59. The summed E-state index contributed by atoms with van der Waals surface area (Å²) in [5, 5.41) is 18.8. The van der Waals surface area contributed by atoms with Crippen molar-refractivity contribution >= 4 is 27.3 Å². The Morgan fingerprint density at radius 1 is 1.69 bits per heavy atom. The SMILES string of the molecule is N#CCS(=O)(=O)NC(C(=O)O)c1cccs1. The monoisotopic (exact) mass is 260 g/mol. The smallest absolute Gasteiger partial charge is 0.327 e. The Labute approximate surface area is 96.2 Å². The van der Waals surface area contributed by atoms with Gasteiger partial charge in [0.2, 0.25) is 10.0 Å². The first-order valence-corrected chi connectivity index (χ1v) is 6.62. The Morgan fingerprint density at radius 3 is 2.81 bits per heavy atom. The van der Waals surface area contributed by atoms with Gasteiger partial charge in [0.1, 0.15) is 0 Å². The van der Waals surface area contributed by atoms with Gasteiger partial charge in [0.15, 0.2) is 11.8 Å². The lowest BCUT2D eigenvalue weighted by molar-refractivity contribution is -0.139. The summed E-state index contributed by atoms with van der Waals surface area (Å²) in [5.41, 5.74) is 0. The highest BCUT2D eigenvalue weighted by molar-refractivity contribution is 7.89. The molecule has 1 rings (SSSR count). The Kier molecular flexibility index (Phi) is 4.00. The van der Waals surface area contributed by atoms with E-state index in [2.05, 4.69) is 0 Å². The third kappa shape index (κ3) is 3.30. The van der Waals surface area contributed by atoms with Crippen LogP contribution in [0.2, 0.25) is 0 Å². The molecule has 8 heteroatoms. The molecule has 0 fully saturated rings. The number of carboxylic acid groups (broad SMARTS) is 1. The third-order valence-corrected chi connectivity index (χ3v) is 3.67. The van der Waals surface area contributed by atoms with Gasteiger partial charge in [0.25, 0.3) is 0 Å². The Morgan fingerprint density at radius 2 is 2.38 bits per heavy atom. The number of sulfonamides is 1. The van der Waals surface area contributed by atoms with E-state index in [1.165, 1.54) is 12.1 Å². The van der Waals surface area contributed by atoms with E-state index in [0.29, 0.717) is 4.88 Å². The first-order chi connectivity index (χ1) is 7.46. The molecule has 0 saturated heterocycles. The lowest BCUT2D eigenvalue weighted by Gasteiger charge is -2.11. The molecule has 6 nitrogen and oxygen atoms in total. The minimum absolute atomic E-state index is 0.369. The number of carbonyl (C=O) groups is 1. The van der Waals surface area contributed by atoms with Crippen LogP contribution in [0.1, 0.15) is 10.9 Å². The number of nitrogens with one attached hydrogen (secondary N) is 1. The molecule has 1 unspecified atom stereocenters. The van der Waals surface area contributed by atoms with Crippen LogP contribution in [0.5, 0.6) is 0 Å². The molecule has 0 aliphatic rings. The van der Waals surface area contributed by atoms with Gasteiger partial charge in [-0.05, 0) is 11.4 Å². The third-order valence-electron chi connectivity index (χ3n) is 1.63. The highest BCUT2D eigenvalue weighted by Crippen LogP contribution is 2.19. The van der Waals surface area contributed by atoms with Crippen LogP contribution < -0.4 is 4.72 Å². The average Bonchev–Trinajstić information content (AvgIpc) is 2.66. The van der Waals surface area contributed by atoms with Crippen LogP contribution in [0.4, 0.5) is 0 Å². The van der Waals surface area contributed by atoms with Crippen LogP contribution in [0.15, 0.2) is 17.5 Å². The van der Waals surface area contributed by atoms with Crippen LogP contribution >= 0.6 is 11.3 Å². The van der Waals surface area contributed by atoms with Crippen LogP contribution in [-0.4, -0.2) is 25.2 Å². The molecule has 1 heterocycles. The fourth-order valence-corrected chi connectivity index (χ4v) is 2.67. The number of hydrogen-bond acceptors (Lipinski definition) is 5. The van der Waals surface area contributed by atoms with Gasteiger partial charge in [-0.1, -0.05) is 6.07 Å². The summed E-state index contributed by atoms with van der Waals surface area (Å²) < 4.78 is 24.5. The summed E-state index contributed by atoms with van der Waals surface area (Å²) in [4.78, 5) is 11.2. The number of nitriles is 1. The van der Waals surface area contributed by atoms with Crippen molar-refractivity contribution < 1.29 is 18.3 Å². The van der Waals surface area contributed by atoms with Crippen LogP contribution in [0.25, 0.3) is 0 Å². The maximum Gasteiger partial charge on any atom is 0.327 e. The van der Waals surface area contributed by atoms with Crippen molar-refractivity contribution in [2.75, 3.05) is 5.75 Å². The minimum atomic E-state index is -3.89. The quantitative estimate of drug-likeness (QED) is 0.792. The Bertz CT molecular complexity index is 501. The van der Waals surface area contributed by atoms with Crippen molar-refractivity contribution in [2.45, 2.75) is 6.04 Å². The van der Waals surface area contributed by atoms with E-state index in [9.17, 15) is 13.2 Å². The van der Waals surface area contributed by atoms with Crippen LogP contribution in [-0.2, 0) is 14.8 Å². The van der Waals surface area contributed by atoms with E-state index in [1.807, 2.05) is 4.72 Å². The highest BCUT2D eigenvalue weighted by atomic mass is 32.2. The molecule has 1 aromatic heterocycles. The number of hydrogen-bond donors (Lipinski definition) is 2. The fourth-order valence-electron chi connectivity index (χ4n) is 0.992. The standard InChI is InChI=1S/C8H8N2O4S2/c9-3-5-16(13,14)10-7(8(11)12)6-2-1-4-15-6/h1-2,4,7,10H,5H2,(H,11,12). The predicted octanol–water partition coefficient (Wildman–Crippen LogP) is 0.317. The van der Waals surface area contributed by atoms with Crippen molar-refractivity contribution in [1.82, 2.24) is 4.72 Å². The molecule has 1 aromatic rings. The van der Waals surface area contributed by atoms with Gasteiger partial charge < -0.3 is 5.11 Å². The van der Waals surface area contributed by atoms with Gasteiger partial charge in [-0.3, -0.25) is 4.79 Å². The average molecular weight is 260 g/mol. The molecular weight excluding hydrogens is 252 g/mol. The molecule has 0 radical (unpaired) electrons. The first kappa shape index (κ1) is 12.6. The van der Waals surface area contributed by atoms with Gasteiger partial charge in [-0.2, -0.15) is 9.98 Å². The number of rotatable bonds is 5. The predicted molar refractivity (Wildman–Crippen MR) is 57.2 cm³/mol. The van der Waals surface area contributed by atoms with Gasteiger partial charge in [0, 0.05) is 4.88 Å². The summed E-state index contributed by atoms with van der Waals surface area (Å²) in [6.07, 6.45) is 0. The second-order valence-electron chi connectivity index (χ2n) is 2.82. The van der Waals surface area contributed by atoms with Gasteiger partial charge in [-0.25, -0.2) is 8.42 Å². The lowest BCUT2D eigenvalue weighted by atomic mass is 10.3. The summed E-state index contributed by atoms with van der Waals surface area (Å²) in [6.45, 7) is 0. The molecule has 0 aliphatic carbocycles. The van der Waals surface area contributed by atoms with E-state index in [-0.39, 0.29) is 0 Å². The van der Waals surface area contributed by atoms with E-state index >= 15 is 0 Å². The highest BCUT2D eigenvalue weighted by Gasteiger charge is 2.26. The molecule has 1 atom stereocenters. The summed E-state index contributed by atoms with van der Waals surface area (Å²) >= 11 is 1.13. The molecule has 2 N–H and O–H groups in total. The van der Waals surface area contributed by atoms with Gasteiger partial charge in [-0.15, -0.1) is 11.3 Å². The largest absolute Gasteiger partial charge is 0.480 e. The van der Waals surface area contributed by atoms with Gasteiger partial charge >= 0.3 is 5.97 Å². The lowest BCUT2D eigenvalue weighted by Crippen LogP contribution is -2.34. The van der Waals surface area contributed by atoms with Crippen LogP contribution in [0, 0.1) is 11.3 Å². The molecule has 86 valence electrons. The topological polar surface area (TPSA) is 107 Å².